The molecule has 1 aromatic carbocycles. The minimum Gasteiger partial charge on any atom is -0.480 e. The summed E-state index contributed by atoms with van der Waals surface area (Å²) >= 11 is 0. The third kappa shape index (κ3) is 3.53. The summed E-state index contributed by atoms with van der Waals surface area (Å²) < 4.78 is 26.1. The summed E-state index contributed by atoms with van der Waals surface area (Å²) in [5.41, 5.74) is 0.901. The predicted molar refractivity (Wildman–Crippen MR) is 67.9 cm³/mol. The van der Waals surface area contributed by atoms with Gasteiger partial charge in [-0.3, -0.25) is 4.79 Å². The second-order valence-corrected chi connectivity index (χ2v) is 5.72. The van der Waals surface area contributed by atoms with Crippen molar-refractivity contribution in [3.8, 4) is 6.07 Å². The van der Waals surface area contributed by atoms with E-state index in [2.05, 4.69) is 4.72 Å². The van der Waals surface area contributed by atoms with Crippen LogP contribution in [0.15, 0.2) is 23.1 Å². The first-order valence-corrected chi connectivity index (χ1v) is 7.06. The number of aryl methyl sites for hydroxylation is 1. The molecule has 1 atom stereocenters. The van der Waals surface area contributed by atoms with Crippen molar-refractivity contribution in [1.82, 2.24) is 4.72 Å². The van der Waals surface area contributed by atoms with Gasteiger partial charge in [-0.25, -0.2) is 8.42 Å². The first-order chi connectivity index (χ1) is 8.81. The number of hydrogen-bond donors (Lipinski definition) is 2. The zero-order valence-corrected chi connectivity index (χ0v) is 11.4. The number of carboxylic acid groups (broad SMARTS) is 1. The van der Waals surface area contributed by atoms with E-state index in [1.165, 1.54) is 18.2 Å². The van der Waals surface area contributed by atoms with E-state index in [1.54, 1.807) is 13.8 Å². The van der Waals surface area contributed by atoms with Crippen molar-refractivity contribution in [3.63, 3.8) is 0 Å². The van der Waals surface area contributed by atoms with E-state index in [4.69, 9.17) is 10.4 Å². The molecule has 102 valence electrons. The fourth-order valence-electron chi connectivity index (χ4n) is 1.49. The molecule has 19 heavy (non-hydrogen) atoms. The van der Waals surface area contributed by atoms with E-state index in [9.17, 15) is 13.2 Å². The van der Waals surface area contributed by atoms with E-state index < -0.39 is 22.0 Å². The Morgan fingerprint density at radius 2 is 2.16 bits per heavy atom. The van der Waals surface area contributed by atoms with E-state index in [-0.39, 0.29) is 11.3 Å². The molecule has 0 heterocycles. The van der Waals surface area contributed by atoms with Gasteiger partial charge in [-0.1, -0.05) is 6.92 Å². The summed E-state index contributed by atoms with van der Waals surface area (Å²) in [5.74, 6) is -1.23. The van der Waals surface area contributed by atoms with Crippen LogP contribution in [-0.2, 0) is 14.8 Å². The summed E-state index contributed by atoms with van der Waals surface area (Å²) in [6, 6.07) is 4.79. The number of nitrogens with zero attached hydrogens (tertiary/aromatic N) is 1. The van der Waals surface area contributed by atoms with Gasteiger partial charge >= 0.3 is 5.97 Å². The molecule has 7 heteroatoms. The molecule has 0 fully saturated rings. The molecular formula is C12H14N2O4S. The highest BCUT2D eigenvalue weighted by Gasteiger charge is 2.24. The molecular weight excluding hydrogens is 268 g/mol. The number of nitriles is 1. The highest BCUT2D eigenvalue weighted by Crippen LogP contribution is 2.15. The number of carbonyl (C=O) groups is 1. The van der Waals surface area contributed by atoms with Crippen LogP contribution in [0.1, 0.15) is 24.5 Å². The molecule has 1 unspecified atom stereocenters. The van der Waals surface area contributed by atoms with Gasteiger partial charge in [0.05, 0.1) is 16.5 Å². The van der Waals surface area contributed by atoms with Crippen LogP contribution in [0.4, 0.5) is 0 Å². The third-order valence-corrected chi connectivity index (χ3v) is 4.10. The molecule has 0 spiro atoms. The van der Waals surface area contributed by atoms with E-state index in [0.29, 0.717) is 11.1 Å². The average molecular weight is 282 g/mol. The fraction of sp³-hybridized carbons (Fsp3) is 0.333. The first-order valence-electron chi connectivity index (χ1n) is 5.57. The molecule has 1 rings (SSSR count). The van der Waals surface area contributed by atoms with Crippen molar-refractivity contribution in [3.05, 3.63) is 29.3 Å². The number of sulfonamides is 1. The number of benzene rings is 1. The normalized spacial score (nSPS) is 12.7. The SMILES string of the molecule is CCC(NS(=O)(=O)c1ccc(C#N)c(C)c1)C(=O)O. The molecule has 0 aliphatic carbocycles. The second-order valence-electron chi connectivity index (χ2n) is 4.01. The molecule has 6 nitrogen and oxygen atoms in total. The molecule has 0 saturated heterocycles. The maximum Gasteiger partial charge on any atom is 0.321 e. The minimum absolute atomic E-state index is 0.0521. The Morgan fingerprint density at radius 3 is 2.58 bits per heavy atom. The molecule has 0 aromatic heterocycles. The van der Waals surface area contributed by atoms with Gasteiger partial charge in [-0.2, -0.15) is 9.98 Å². The van der Waals surface area contributed by atoms with E-state index >= 15 is 0 Å². The fourth-order valence-corrected chi connectivity index (χ4v) is 2.85. The molecule has 0 bridgehead atoms. The van der Waals surface area contributed by atoms with Gasteiger partial charge in [-0.05, 0) is 37.1 Å². The Labute approximate surface area is 111 Å². The number of nitrogens with one attached hydrogen (secondary N) is 1. The lowest BCUT2D eigenvalue weighted by Gasteiger charge is -2.13. The molecule has 0 amide bonds. The van der Waals surface area contributed by atoms with Crippen LogP contribution < -0.4 is 4.72 Å². The third-order valence-electron chi connectivity index (χ3n) is 2.63. The van der Waals surface area contributed by atoms with Gasteiger partial charge in [0, 0.05) is 0 Å². The summed E-state index contributed by atoms with van der Waals surface area (Å²) in [6.45, 7) is 3.19. The van der Waals surface area contributed by atoms with Crippen LogP contribution >= 0.6 is 0 Å². The smallest absolute Gasteiger partial charge is 0.321 e. The Hall–Kier alpha value is -1.91. The van der Waals surface area contributed by atoms with Crippen molar-refractivity contribution in [2.24, 2.45) is 0 Å². The van der Waals surface area contributed by atoms with Gasteiger partial charge in [0.1, 0.15) is 6.04 Å². The lowest BCUT2D eigenvalue weighted by atomic mass is 10.1. The number of aliphatic carboxylic acids is 1. The quantitative estimate of drug-likeness (QED) is 0.838. The predicted octanol–water partition coefficient (Wildman–Crippen LogP) is 1.01. The number of carboxylic acids is 1. The molecule has 0 saturated carbocycles. The Kier molecular flexibility index (Phi) is 4.64. The monoisotopic (exact) mass is 282 g/mol. The van der Waals surface area contributed by atoms with Gasteiger partial charge < -0.3 is 5.11 Å². The molecule has 1 aromatic rings. The Balaban J connectivity index is 3.11. The van der Waals surface area contributed by atoms with Crippen LogP contribution in [0.25, 0.3) is 0 Å². The van der Waals surface area contributed by atoms with Gasteiger partial charge in [-0.15, -0.1) is 0 Å². The van der Waals surface area contributed by atoms with Crippen molar-refractivity contribution < 1.29 is 18.3 Å². The molecule has 2 N–H and O–H groups in total. The standard InChI is InChI=1S/C12H14N2O4S/c1-3-11(12(15)16)14-19(17,18)10-5-4-9(7-13)8(2)6-10/h4-6,11,14H,3H2,1-2H3,(H,15,16). The Bertz CT molecular complexity index is 632. The maximum atomic E-state index is 12.0. The maximum absolute atomic E-state index is 12.0. The summed E-state index contributed by atoms with van der Waals surface area (Å²) in [7, 11) is -3.90. The average Bonchev–Trinajstić information content (AvgIpc) is 2.35. The summed E-state index contributed by atoms with van der Waals surface area (Å²) in [4.78, 5) is 10.8. The second kappa shape index (κ2) is 5.82. The van der Waals surface area contributed by atoms with Crippen LogP contribution in [0, 0.1) is 18.3 Å². The highest BCUT2D eigenvalue weighted by molar-refractivity contribution is 7.89. The lowest BCUT2D eigenvalue weighted by Crippen LogP contribution is -2.40. The van der Waals surface area contributed by atoms with E-state index in [0.717, 1.165) is 0 Å². The van der Waals surface area contributed by atoms with Crippen molar-refractivity contribution in [2.45, 2.75) is 31.2 Å². The first kappa shape index (κ1) is 15.1. The zero-order valence-electron chi connectivity index (χ0n) is 10.5. The molecule has 0 radical (unpaired) electrons. The van der Waals surface area contributed by atoms with Crippen LogP contribution in [-0.4, -0.2) is 25.5 Å². The van der Waals surface area contributed by atoms with Crippen molar-refractivity contribution in [1.29, 1.82) is 5.26 Å². The largest absolute Gasteiger partial charge is 0.480 e. The van der Waals surface area contributed by atoms with Crippen LogP contribution in [0.3, 0.4) is 0 Å². The number of hydrogen-bond acceptors (Lipinski definition) is 4. The Morgan fingerprint density at radius 1 is 1.53 bits per heavy atom. The molecule has 0 aliphatic heterocycles. The van der Waals surface area contributed by atoms with Crippen LogP contribution in [0.2, 0.25) is 0 Å². The van der Waals surface area contributed by atoms with Gasteiger partial charge in [0.15, 0.2) is 0 Å². The van der Waals surface area contributed by atoms with Crippen LogP contribution in [0.5, 0.6) is 0 Å². The number of rotatable bonds is 5. The zero-order chi connectivity index (χ0) is 14.6. The summed E-state index contributed by atoms with van der Waals surface area (Å²) in [5, 5.41) is 17.6. The van der Waals surface area contributed by atoms with Crippen molar-refractivity contribution >= 4 is 16.0 Å². The summed E-state index contributed by atoms with van der Waals surface area (Å²) in [6.07, 6.45) is 0.143. The van der Waals surface area contributed by atoms with Gasteiger partial charge in [0.2, 0.25) is 10.0 Å². The van der Waals surface area contributed by atoms with Crippen molar-refractivity contribution in [2.75, 3.05) is 0 Å². The van der Waals surface area contributed by atoms with Gasteiger partial charge in [0.25, 0.3) is 0 Å². The topological polar surface area (TPSA) is 107 Å². The lowest BCUT2D eigenvalue weighted by molar-refractivity contribution is -0.139. The minimum atomic E-state index is -3.90. The van der Waals surface area contributed by atoms with E-state index in [1.807, 2.05) is 6.07 Å². The molecule has 0 aliphatic rings. The highest BCUT2D eigenvalue weighted by atomic mass is 32.2.